The Morgan fingerprint density at radius 3 is 1.19 bits per heavy atom. The number of benzene rings is 6. The fourth-order valence-corrected chi connectivity index (χ4v) is 58.3. The molecule has 0 aliphatic heterocycles. The summed E-state index contributed by atoms with van der Waals surface area (Å²) in [6, 6.07) is 56.1. The van der Waals surface area contributed by atoms with Crippen LogP contribution in [0.3, 0.4) is 0 Å². The molecular weight excluding hydrogens is 831 g/mol. The van der Waals surface area contributed by atoms with E-state index in [2.05, 4.69) is 228 Å². The molecule has 0 bridgehead atoms. The van der Waals surface area contributed by atoms with E-state index >= 15 is 0 Å². The standard InChI is InChI=1S/2C19H19.2C6H5.2CH3.Hf.H2Si/c2*1-19(2,3)16-10-4-9-15(13-16)18-12-6-8-14-7-5-11-17(14)18;2*1-2-4-6-5-3-1;;;;/h2*4-13H,1-3H3;2*1-5H;2*1H3;;1H2. The summed E-state index contributed by atoms with van der Waals surface area (Å²) >= 11 is -6.01. The van der Waals surface area contributed by atoms with Gasteiger partial charge in [0.2, 0.25) is 0 Å². The quantitative estimate of drug-likeness (QED) is 0.146. The Kier molecular flexibility index (Phi) is 7.82. The molecule has 0 spiro atoms. The first kappa shape index (κ1) is 36.8. The van der Waals surface area contributed by atoms with Crippen molar-refractivity contribution in [1.29, 1.82) is 0 Å². The van der Waals surface area contributed by atoms with Crippen LogP contribution in [0.15, 0.2) is 158 Å². The molecule has 8 rings (SSSR count). The van der Waals surface area contributed by atoms with Crippen LogP contribution in [0, 0.1) is 0 Å². The van der Waals surface area contributed by atoms with Crippen molar-refractivity contribution in [2.24, 2.45) is 0 Å². The molecule has 6 aromatic carbocycles. The second kappa shape index (κ2) is 11.5. The summed E-state index contributed by atoms with van der Waals surface area (Å²) in [5.41, 5.74) is 13.7. The third-order valence-electron chi connectivity index (χ3n) is 14.7. The van der Waals surface area contributed by atoms with Crippen LogP contribution in [0.2, 0.25) is 9.36 Å². The van der Waals surface area contributed by atoms with E-state index in [0.717, 1.165) is 0 Å². The van der Waals surface area contributed by atoms with Gasteiger partial charge in [-0.2, -0.15) is 0 Å². The Bertz CT molecular complexity index is 2470. The molecule has 2 aliphatic rings. The van der Waals surface area contributed by atoms with E-state index in [4.69, 9.17) is 0 Å². The van der Waals surface area contributed by atoms with Crippen LogP contribution in [0.1, 0.15) is 82.3 Å². The summed E-state index contributed by atoms with van der Waals surface area (Å²) in [4.78, 5) is 0. The van der Waals surface area contributed by atoms with E-state index in [0.29, 0.717) is 0 Å². The second-order valence-corrected chi connectivity index (χ2v) is 89.2. The first-order chi connectivity index (χ1) is 25.4. The molecule has 0 saturated heterocycles. The van der Waals surface area contributed by atoms with Crippen LogP contribution >= 0.6 is 0 Å². The van der Waals surface area contributed by atoms with Crippen LogP contribution in [0.25, 0.3) is 34.4 Å². The predicted molar refractivity (Wildman–Crippen MR) is 237 cm³/mol. The Morgan fingerprint density at radius 1 is 0.444 bits per heavy atom. The Balaban J connectivity index is 1.46. The van der Waals surface area contributed by atoms with Crippen LogP contribution in [0.4, 0.5) is 0 Å². The molecule has 2 atom stereocenters. The van der Waals surface area contributed by atoms with Gasteiger partial charge >= 0.3 is 322 Å². The summed E-state index contributed by atoms with van der Waals surface area (Å²) in [7, 11) is 0. The molecule has 0 aromatic heterocycles. The fourth-order valence-electron chi connectivity index (χ4n) is 11.0. The van der Waals surface area contributed by atoms with Crippen LogP contribution in [-0.4, -0.2) is 6.94 Å². The van der Waals surface area contributed by atoms with E-state index < -0.39 is 14.2 Å². The van der Waals surface area contributed by atoms with Crippen molar-refractivity contribution in [2.45, 2.75) is 69.1 Å². The minimum absolute atomic E-state index is 0.0721. The van der Waals surface area contributed by atoms with Gasteiger partial charge in [-0.3, -0.25) is 0 Å². The molecule has 272 valence electrons. The van der Waals surface area contributed by atoms with Crippen LogP contribution < -0.4 is 6.64 Å². The summed E-state index contributed by atoms with van der Waals surface area (Å²) in [6.07, 6.45) is 10.2. The third kappa shape index (κ3) is 4.95. The fraction of sp³-hybridized carbons (Fsp3) is 0.231. The molecule has 0 saturated carbocycles. The zero-order chi connectivity index (χ0) is 38.3. The van der Waals surface area contributed by atoms with Gasteiger partial charge in [-0.1, -0.05) is 0 Å². The number of fused-ring (bicyclic) bond motifs is 2. The second-order valence-electron chi connectivity index (χ2n) is 20.7. The molecule has 0 nitrogen and oxygen atoms in total. The molecule has 0 heterocycles. The zero-order valence-electron chi connectivity index (χ0n) is 33.5. The van der Waals surface area contributed by atoms with Gasteiger partial charge in [0, 0.05) is 0 Å². The maximum absolute atomic E-state index is 6.01. The third-order valence-corrected chi connectivity index (χ3v) is 71.8. The van der Waals surface area contributed by atoms with Gasteiger partial charge in [0.25, 0.3) is 0 Å². The van der Waals surface area contributed by atoms with E-state index in [9.17, 15) is 0 Å². The van der Waals surface area contributed by atoms with E-state index in [1.54, 1.807) is 0 Å². The molecule has 0 fully saturated rings. The van der Waals surface area contributed by atoms with Crippen molar-refractivity contribution in [3.8, 4) is 22.3 Å². The van der Waals surface area contributed by atoms with Crippen molar-refractivity contribution < 1.29 is 14.2 Å². The van der Waals surface area contributed by atoms with Gasteiger partial charge in [-0.15, -0.1) is 0 Å². The Labute approximate surface area is 320 Å². The van der Waals surface area contributed by atoms with Gasteiger partial charge < -0.3 is 0 Å². The molecule has 2 aliphatic carbocycles. The van der Waals surface area contributed by atoms with Crippen molar-refractivity contribution >= 4 is 25.7 Å². The molecule has 0 N–H and O–H groups in total. The molecule has 0 amide bonds. The van der Waals surface area contributed by atoms with Gasteiger partial charge in [-0.25, -0.2) is 0 Å². The normalized spacial score (nSPS) is 18.6. The van der Waals surface area contributed by atoms with Crippen LogP contribution in [0.5, 0.6) is 0 Å². The number of rotatable bonds is 6. The van der Waals surface area contributed by atoms with Gasteiger partial charge in [0.05, 0.1) is 0 Å². The summed E-state index contributed by atoms with van der Waals surface area (Å²) in [6.45, 7) is 16.3. The number of hydrogen-bond donors (Lipinski definition) is 0. The number of hydrogen-bond acceptors (Lipinski definition) is 0. The summed E-state index contributed by atoms with van der Waals surface area (Å²) in [5, 5.41) is 0. The maximum atomic E-state index is 2.81. The summed E-state index contributed by atoms with van der Waals surface area (Å²) < 4.78 is 8.92. The van der Waals surface area contributed by atoms with Gasteiger partial charge in [-0.05, 0) is 0 Å². The van der Waals surface area contributed by atoms with Crippen LogP contribution in [-0.2, 0) is 25.0 Å². The average Bonchev–Trinajstić information content (AvgIpc) is 3.83. The van der Waals surface area contributed by atoms with Gasteiger partial charge in [0.15, 0.2) is 0 Å². The summed E-state index contributed by atoms with van der Waals surface area (Å²) in [5.74, 6) is 0. The van der Waals surface area contributed by atoms with E-state index in [-0.39, 0.29) is 18.2 Å². The SMILES string of the molecule is CC(C)(C)c1cccc(-c2cccc3c2C=C[CH]3[Hf]([CH3])([CH3])(=[SiH2])([c]2ccccc2)([c]2ccccc2)[CH]2C=Cc3c(-c4cccc(C(C)(C)C)c4)cccc32)c1. The molecule has 2 unspecified atom stereocenters. The Hall–Kier alpha value is -4.11. The molecule has 2 heteroatoms. The van der Waals surface area contributed by atoms with Crippen molar-refractivity contribution in [1.82, 2.24) is 0 Å². The molecular formula is C52H56HfSi. The zero-order valence-corrected chi connectivity index (χ0v) is 38.5. The van der Waals surface area contributed by atoms with E-state index in [1.807, 2.05) is 0 Å². The minimum atomic E-state index is -6.01. The van der Waals surface area contributed by atoms with Crippen molar-refractivity contribution in [3.05, 3.63) is 191 Å². The van der Waals surface area contributed by atoms with Crippen molar-refractivity contribution in [2.75, 3.05) is 0 Å². The topological polar surface area (TPSA) is 0 Å². The number of allylic oxidation sites excluding steroid dienone is 2. The first-order valence-electron chi connectivity index (χ1n) is 19.9. The predicted octanol–water partition coefficient (Wildman–Crippen LogP) is 12.5. The molecule has 54 heavy (non-hydrogen) atoms. The van der Waals surface area contributed by atoms with Gasteiger partial charge in [0.1, 0.15) is 0 Å². The monoisotopic (exact) mass is 888 g/mol. The molecule has 6 aromatic rings. The first-order valence-corrected chi connectivity index (χ1v) is 43.1. The Morgan fingerprint density at radius 2 is 0.815 bits per heavy atom. The average molecular weight is 888 g/mol. The molecule has 0 radical (unpaired) electrons. The van der Waals surface area contributed by atoms with Crippen molar-refractivity contribution in [3.63, 3.8) is 0 Å². The van der Waals surface area contributed by atoms with E-state index in [1.165, 1.54) is 62.3 Å².